The largest absolute Gasteiger partial charge is 3.00 e. The second-order valence-electron chi connectivity index (χ2n) is 0. The number of hydrogen-bond acceptors (Lipinski definition) is 1. The van der Waals surface area contributed by atoms with Gasteiger partial charge in [-0.25, -0.2) is 0 Å². The molecule has 0 amide bonds. The first kappa shape index (κ1) is 56.3. The first-order valence-electron chi connectivity index (χ1n) is 0.204. The zero-order chi connectivity index (χ0) is 2.00. The van der Waals surface area contributed by atoms with Crippen LogP contribution in [0, 0.1) is 0 Å². The summed E-state index contributed by atoms with van der Waals surface area (Å²) < 4.78 is 8.06. The van der Waals surface area contributed by atoms with Crippen molar-refractivity contribution in [1.29, 1.82) is 0 Å². The van der Waals surface area contributed by atoms with Crippen LogP contribution in [0.25, 0.3) is 0 Å². The molecular weight excluding hydrogens is 127 g/mol. The van der Waals surface area contributed by atoms with E-state index in [1.807, 2.05) is 0 Å². The van der Waals surface area contributed by atoms with Crippen molar-refractivity contribution in [3.8, 4) is 0 Å². The standard InChI is InChI=1S/Al.Mg.OSi.2O/c;;1-2;;/q+3;2*+2;2*-2. The van der Waals surface area contributed by atoms with Crippen LogP contribution < -0.4 is 0 Å². The molecule has 0 saturated carbocycles. The summed E-state index contributed by atoms with van der Waals surface area (Å²) in [6.07, 6.45) is 0. The van der Waals surface area contributed by atoms with Gasteiger partial charge in [0.05, 0.1) is 0 Å². The van der Waals surface area contributed by atoms with Crippen molar-refractivity contribution in [1.82, 2.24) is 0 Å². The maximum absolute atomic E-state index is 8.06. The average molecular weight is 127 g/mol. The molecule has 0 aliphatic heterocycles. The van der Waals surface area contributed by atoms with E-state index in [1.165, 1.54) is 0 Å². The van der Waals surface area contributed by atoms with Gasteiger partial charge in [0, 0.05) is 0 Å². The van der Waals surface area contributed by atoms with Gasteiger partial charge in [0.2, 0.25) is 0 Å². The van der Waals surface area contributed by atoms with Gasteiger partial charge >= 0.3 is 55.0 Å². The van der Waals surface area contributed by atoms with E-state index in [9.17, 15) is 0 Å². The molecule has 0 aromatic heterocycles. The van der Waals surface area contributed by atoms with Crippen LogP contribution in [0.5, 0.6) is 0 Å². The fourth-order valence-corrected chi connectivity index (χ4v) is 0. The fraction of sp³-hybridized carbons (Fsp3) is 0. The maximum Gasteiger partial charge on any atom is 3.00 e. The molecule has 0 bridgehead atoms. The van der Waals surface area contributed by atoms with Crippen molar-refractivity contribution in [2.75, 3.05) is 0 Å². The number of rotatable bonds is 0. The molecule has 0 aromatic rings. The van der Waals surface area contributed by atoms with Crippen LogP contribution in [0.2, 0.25) is 0 Å². The Hall–Kier alpha value is 1.24. The summed E-state index contributed by atoms with van der Waals surface area (Å²) in [5, 5.41) is 0. The summed E-state index contributed by atoms with van der Waals surface area (Å²) in [7, 11) is 1.72. The van der Waals surface area contributed by atoms with E-state index in [-0.39, 0.29) is 51.4 Å². The van der Waals surface area contributed by atoms with E-state index in [2.05, 4.69) is 0 Å². The third-order valence-corrected chi connectivity index (χ3v) is 0. The van der Waals surface area contributed by atoms with Gasteiger partial charge in [0.25, 0.3) is 0 Å². The maximum atomic E-state index is 8.06. The Balaban J connectivity index is -0.000000000833. The van der Waals surface area contributed by atoms with E-state index < -0.39 is 0 Å². The van der Waals surface area contributed by atoms with E-state index in [0.717, 1.165) is 0 Å². The molecule has 3 nitrogen and oxygen atoms in total. The minimum absolute atomic E-state index is 0. The predicted octanol–water partition coefficient (Wildman–Crippen LogP) is -1.50. The van der Waals surface area contributed by atoms with Crippen molar-refractivity contribution in [3.63, 3.8) is 0 Å². The summed E-state index contributed by atoms with van der Waals surface area (Å²) in [4.78, 5) is 0. The van der Waals surface area contributed by atoms with Crippen molar-refractivity contribution in [2.24, 2.45) is 0 Å². The molecule has 0 radical (unpaired) electrons. The molecule has 0 atom stereocenters. The first-order valence-corrected chi connectivity index (χ1v) is 0.612. The van der Waals surface area contributed by atoms with E-state index in [4.69, 9.17) is 4.46 Å². The molecule has 6 heteroatoms. The van der Waals surface area contributed by atoms with Crippen LogP contribution in [0.4, 0.5) is 0 Å². The Kier molecular flexibility index (Phi) is 1050. The SMILES string of the molecule is O=[Si+2].[Al+3].[Mg+2].[O-2].[O-2]. The van der Waals surface area contributed by atoms with Crippen LogP contribution in [0.1, 0.15) is 0 Å². The molecule has 6 heavy (non-hydrogen) atoms. The molecular formula is AlMgO3Si+3. The minimum atomic E-state index is 0. The third kappa shape index (κ3) is 61.5. The molecule has 0 spiro atoms. The normalized spacial score (nSPS) is 1.00. The summed E-state index contributed by atoms with van der Waals surface area (Å²) >= 11 is 0. The molecule has 0 aromatic carbocycles. The topological polar surface area (TPSA) is 74.1 Å². The van der Waals surface area contributed by atoms with Gasteiger partial charge in [-0.3, -0.25) is 0 Å². The van der Waals surface area contributed by atoms with Gasteiger partial charge in [-0.1, -0.05) is 0 Å². The van der Waals surface area contributed by atoms with Gasteiger partial charge in [-0.05, 0) is 0 Å². The zero-order valence-electron chi connectivity index (χ0n) is 3.01. The summed E-state index contributed by atoms with van der Waals surface area (Å²) in [5.74, 6) is 0. The molecule has 0 aliphatic carbocycles. The second-order valence-corrected chi connectivity index (χ2v) is 0. The predicted molar refractivity (Wildman–Crippen MR) is 19.3 cm³/mol. The minimum Gasteiger partial charge on any atom is -2.00 e. The van der Waals surface area contributed by atoms with Crippen molar-refractivity contribution >= 4 is 50.5 Å². The second kappa shape index (κ2) is 112. The Morgan fingerprint density at radius 1 is 1.00 bits per heavy atom. The van der Waals surface area contributed by atoms with Gasteiger partial charge < -0.3 is 11.0 Å². The monoisotopic (exact) mass is 127 g/mol. The molecule has 0 unspecified atom stereocenters. The fourth-order valence-electron chi connectivity index (χ4n) is 0. The molecule has 0 heterocycles. The van der Waals surface area contributed by atoms with Crippen molar-refractivity contribution in [3.05, 3.63) is 0 Å². The molecule has 0 saturated heterocycles. The van der Waals surface area contributed by atoms with Crippen molar-refractivity contribution in [2.45, 2.75) is 0 Å². The van der Waals surface area contributed by atoms with Gasteiger partial charge in [0.15, 0.2) is 0 Å². The Morgan fingerprint density at radius 2 is 1.00 bits per heavy atom. The van der Waals surface area contributed by atoms with Gasteiger partial charge in [-0.2, -0.15) is 0 Å². The van der Waals surface area contributed by atoms with Gasteiger partial charge in [0.1, 0.15) is 0 Å². The smallest absolute Gasteiger partial charge is 2.00 e. The molecule has 0 aliphatic rings. The van der Waals surface area contributed by atoms with Gasteiger partial charge in [-0.15, -0.1) is 0 Å². The Labute approximate surface area is 65.9 Å². The van der Waals surface area contributed by atoms with E-state index in [0.29, 0.717) is 0 Å². The Morgan fingerprint density at radius 3 is 1.00 bits per heavy atom. The molecule has 0 fully saturated rings. The van der Waals surface area contributed by atoms with Crippen LogP contribution in [-0.2, 0) is 15.4 Å². The Bertz CT molecular complexity index is 10.8. The first-order chi connectivity index (χ1) is 1.00. The van der Waals surface area contributed by atoms with Crippen molar-refractivity contribution < 1.29 is 15.4 Å². The van der Waals surface area contributed by atoms with Crippen LogP contribution >= 0.6 is 0 Å². The third-order valence-electron chi connectivity index (χ3n) is 0. The molecule has 0 N–H and O–H groups in total. The van der Waals surface area contributed by atoms with E-state index >= 15 is 0 Å². The molecule has 0 rings (SSSR count). The summed E-state index contributed by atoms with van der Waals surface area (Å²) in [5.41, 5.74) is 0. The average Bonchev–Trinajstić information content (AvgIpc) is 1.00. The molecule has 24 valence electrons. The quantitative estimate of drug-likeness (QED) is 0.365. The number of hydrogen-bond donors (Lipinski definition) is 0. The zero-order valence-corrected chi connectivity index (χ0v) is 6.58. The van der Waals surface area contributed by atoms with Crippen LogP contribution in [0.15, 0.2) is 0 Å². The summed E-state index contributed by atoms with van der Waals surface area (Å²) in [6, 6.07) is 0. The summed E-state index contributed by atoms with van der Waals surface area (Å²) in [6.45, 7) is 0. The van der Waals surface area contributed by atoms with Crippen LogP contribution in [-0.4, -0.2) is 50.5 Å². The van der Waals surface area contributed by atoms with E-state index in [1.54, 1.807) is 10.1 Å². The van der Waals surface area contributed by atoms with Crippen LogP contribution in [0.3, 0.4) is 0 Å².